The van der Waals surface area contributed by atoms with Gasteiger partial charge in [0.25, 0.3) is 0 Å². The average molecular weight is 326 g/mol. The van der Waals surface area contributed by atoms with E-state index in [2.05, 4.69) is 0 Å². The van der Waals surface area contributed by atoms with E-state index in [1.807, 2.05) is 60.7 Å². The maximum atomic E-state index is 13.8. The Morgan fingerprint density at radius 2 is 1.30 bits per heavy atom. The van der Waals surface area contributed by atoms with Crippen molar-refractivity contribution in [2.45, 2.75) is 37.7 Å². The zero-order chi connectivity index (χ0) is 16.2. The largest absolute Gasteiger partial charge is 0.386 e. The van der Waals surface area contributed by atoms with Crippen molar-refractivity contribution >= 4 is 17.8 Å². The van der Waals surface area contributed by atoms with E-state index in [0.717, 1.165) is 36.3 Å². The normalized spacial score (nSPS) is 18.1. The molecule has 0 aromatic heterocycles. The van der Waals surface area contributed by atoms with Gasteiger partial charge in [-0.3, -0.25) is 0 Å². The minimum atomic E-state index is -2.87. The lowest BCUT2D eigenvalue weighted by Crippen LogP contribution is -2.28. The molecule has 2 aromatic rings. The number of rotatable bonds is 4. The molecule has 3 rings (SSSR count). The third-order valence-corrected chi connectivity index (χ3v) is 7.29. The molecule has 3 heteroatoms. The van der Waals surface area contributed by atoms with Crippen LogP contribution in [0.2, 0.25) is 0 Å². The van der Waals surface area contributed by atoms with Gasteiger partial charge in [-0.05, 0) is 24.7 Å². The first kappa shape index (κ1) is 16.2. The van der Waals surface area contributed by atoms with Crippen LogP contribution in [0.1, 0.15) is 32.1 Å². The molecule has 23 heavy (non-hydrogen) atoms. The van der Waals surface area contributed by atoms with Gasteiger partial charge in [0.05, 0.1) is 5.60 Å². The molecule has 0 radical (unpaired) electrons. The minimum Gasteiger partial charge on any atom is -0.386 e. The Labute approximate surface area is 138 Å². The van der Waals surface area contributed by atoms with E-state index in [4.69, 9.17) is 0 Å². The molecule has 0 saturated heterocycles. The third-order valence-electron chi connectivity index (χ3n) is 4.59. The lowest BCUT2D eigenvalue weighted by Gasteiger charge is -2.29. The molecule has 0 bridgehead atoms. The van der Waals surface area contributed by atoms with Crippen LogP contribution in [0.5, 0.6) is 0 Å². The molecular weight excluding hydrogens is 303 g/mol. The summed E-state index contributed by atoms with van der Waals surface area (Å²) in [7, 11) is -2.87. The van der Waals surface area contributed by atoms with Crippen molar-refractivity contribution in [2.75, 3.05) is 0 Å². The maximum Gasteiger partial charge on any atom is 0.163 e. The van der Waals surface area contributed by atoms with Crippen molar-refractivity contribution in [3.05, 3.63) is 72.6 Å². The minimum absolute atomic E-state index is 0.757. The molecule has 120 valence electrons. The van der Waals surface area contributed by atoms with Crippen molar-refractivity contribution < 1.29 is 9.67 Å². The van der Waals surface area contributed by atoms with Crippen LogP contribution < -0.4 is 10.6 Å². The molecule has 1 saturated carbocycles. The highest BCUT2D eigenvalue weighted by Crippen LogP contribution is 2.46. The number of hydrogen-bond acceptors (Lipinski definition) is 2. The summed E-state index contributed by atoms with van der Waals surface area (Å²) in [5, 5.41) is 12.3. The smallest absolute Gasteiger partial charge is 0.163 e. The zero-order valence-corrected chi connectivity index (χ0v) is 14.2. The van der Waals surface area contributed by atoms with E-state index < -0.39 is 12.7 Å². The standard InChI is InChI=1S/C20H23O2P/c21-20(14-8-3-9-15-20)16-17-23(22,18-10-4-1-5-11-18)19-12-6-2-7-13-19/h1-2,4-7,10-13,16-17,21H,3,8-9,14-15H2/b17-16-. The van der Waals surface area contributed by atoms with Crippen molar-refractivity contribution in [3.8, 4) is 0 Å². The van der Waals surface area contributed by atoms with Gasteiger partial charge in [-0.2, -0.15) is 0 Å². The molecule has 2 nitrogen and oxygen atoms in total. The molecule has 0 unspecified atom stereocenters. The van der Waals surface area contributed by atoms with Crippen LogP contribution in [-0.4, -0.2) is 10.7 Å². The van der Waals surface area contributed by atoms with Gasteiger partial charge in [-0.1, -0.05) is 79.9 Å². The molecule has 0 spiro atoms. The molecule has 0 atom stereocenters. The van der Waals surface area contributed by atoms with Crippen LogP contribution in [0.25, 0.3) is 0 Å². The van der Waals surface area contributed by atoms with Crippen LogP contribution in [0, 0.1) is 0 Å². The number of hydrogen-bond donors (Lipinski definition) is 1. The van der Waals surface area contributed by atoms with Gasteiger partial charge in [-0.15, -0.1) is 0 Å². The Morgan fingerprint density at radius 1 is 0.826 bits per heavy atom. The molecule has 0 aliphatic heterocycles. The topological polar surface area (TPSA) is 37.3 Å². The summed E-state index contributed by atoms with van der Waals surface area (Å²) in [4.78, 5) is 0. The van der Waals surface area contributed by atoms with E-state index in [9.17, 15) is 9.67 Å². The maximum absolute atomic E-state index is 13.8. The summed E-state index contributed by atoms with van der Waals surface area (Å²) in [5.74, 6) is 1.77. The average Bonchev–Trinajstić information content (AvgIpc) is 2.62. The van der Waals surface area contributed by atoms with Crippen molar-refractivity contribution in [1.29, 1.82) is 0 Å². The fourth-order valence-corrected chi connectivity index (χ4v) is 5.55. The molecular formula is C20H23O2P. The number of aliphatic hydroxyl groups is 1. The van der Waals surface area contributed by atoms with Gasteiger partial charge in [0.2, 0.25) is 0 Å². The summed E-state index contributed by atoms with van der Waals surface area (Å²) in [6.07, 6.45) is 6.54. The predicted octanol–water partition coefficient (Wildman–Crippen LogP) is 4.21. The van der Waals surface area contributed by atoms with E-state index in [0.29, 0.717) is 0 Å². The third kappa shape index (κ3) is 3.65. The zero-order valence-electron chi connectivity index (χ0n) is 13.3. The Morgan fingerprint density at radius 3 is 1.78 bits per heavy atom. The van der Waals surface area contributed by atoms with E-state index in [1.165, 1.54) is 6.42 Å². The lowest BCUT2D eigenvalue weighted by atomic mass is 9.85. The van der Waals surface area contributed by atoms with Gasteiger partial charge >= 0.3 is 0 Å². The second-order valence-electron chi connectivity index (χ2n) is 6.31. The Bertz CT molecular complexity index is 657. The predicted molar refractivity (Wildman–Crippen MR) is 96.9 cm³/mol. The quantitative estimate of drug-likeness (QED) is 0.855. The highest BCUT2D eigenvalue weighted by Gasteiger charge is 2.29. The van der Waals surface area contributed by atoms with Crippen molar-refractivity contribution in [2.24, 2.45) is 0 Å². The lowest BCUT2D eigenvalue weighted by molar-refractivity contribution is 0.0515. The molecule has 1 aliphatic rings. The Balaban J connectivity index is 2.01. The summed E-state index contributed by atoms with van der Waals surface area (Å²) in [6, 6.07) is 19.1. The fraction of sp³-hybridized carbons (Fsp3) is 0.300. The first-order valence-corrected chi connectivity index (χ1v) is 10.0. The van der Waals surface area contributed by atoms with Crippen molar-refractivity contribution in [3.63, 3.8) is 0 Å². The molecule has 0 heterocycles. The van der Waals surface area contributed by atoms with E-state index in [-0.39, 0.29) is 0 Å². The van der Waals surface area contributed by atoms with Crippen LogP contribution in [0.4, 0.5) is 0 Å². The monoisotopic (exact) mass is 326 g/mol. The fourth-order valence-electron chi connectivity index (χ4n) is 3.19. The second-order valence-corrected chi connectivity index (χ2v) is 8.96. The highest BCUT2D eigenvalue weighted by atomic mass is 31.2. The molecule has 1 aliphatic carbocycles. The van der Waals surface area contributed by atoms with Gasteiger partial charge in [-0.25, -0.2) is 0 Å². The number of benzene rings is 2. The SMILES string of the molecule is O=P(/C=C\C1(O)CCCCC1)(c1ccccc1)c1ccccc1. The molecule has 1 fully saturated rings. The Kier molecular flexibility index (Phi) is 4.84. The summed E-state index contributed by atoms with van der Waals surface area (Å²) >= 11 is 0. The van der Waals surface area contributed by atoms with Crippen LogP contribution in [-0.2, 0) is 4.57 Å². The summed E-state index contributed by atoms with van der Waals surface area (Å²) in [5.41, 5.74) is -0.808. The molecule has 1 N–H and O–H groups in total. The van der Waals surface area contributed by atoms with Gasteiger partial charge in [0.1, 0.15) is 0 Å². The van der Waals surface area contributed by atoms with Gasteiger partial charge < -0.3 is 9.67 Å². The van der Waals surface area contributed by atoms with Crippen LogP contribution in [0.15, 0.2) is 72.6 Å². The van der Waals surface area contributed by atoms with E-state index in [1.54, 1.807) is 11.9 Å². The van der Waals surface area contributed by atoms with Crippen LogP contribution >= 0.6 is 7.14 Å². The summed E-state index contributed by atoms with van der Waals surface area (Å²) in [6.45, 7) is 0. The summed E-state index contributed by atoms with van der Waals surface area (Å²) < 4.78 is 13.8. The van der Waals surface area contributed by atoms with Gasteiger partial charge in [0.15, 0.2) is 7.14 Å². The van der Waals surface area contributed by atoms with E-state index >= 15 is 0 Å². The first-order valence-electron chi connectivity index (χ1n) is 8.26. The highest BCUT2D eigenvalue weighted by molar-refractivity contribution is 7.81. The van der Waals surface area contributed by atoms with Crippen molar-refractivity contribution in [1.82, 2.24) is 0 Å². The van der Waals surface area contributed by atoms with Gasteiger partial charge in [0, 0.05) is 10.6 Å². The van der Waals surface area contributed by atoms with Crippen LogP contribution in [0.3, 0.4) is 0 Å². The Hall–Kier alpha value is -1.63. The first-order chi connectivity index (χ1) is 11.1. The molecule has 0 amide bonds. The second kappa shape index (κ2) is 6.86. The molecule has 2 aromatic carbocycles.